The summed E-state index contributed by atoms with van der Waals surface area (Å²) in [5.74, 6) is -3.45. The number of ether oxygens (including phenoxy) is 1. The van der Waals surface area contributed by atoms with Gasteiger partial charge in [0.25, 0.3) is 5.56 Å². The Morgan fingerprint density at radius 3 is 2.44 bits per heavy atom. The summed E-state index contributed by atoms with van der Waals surface area (Å²) >= 11 is 0. The second-order valence-electron chi connectivity index (χ2n) is 8.41. The summed E-state index contributed by atoms with van der Waals surface area (Å²) in [5.41, 5.74) is 1.77. The number of amides is 1. The van der Waals surface area contributed by atoms with Crippen LogP contribution < -0.4 is 10.9 Å². The molecule has 0 bridgehead atoms. The SMILES string of the molecule is O=C(CC1OC(=O)c2cc(-c3ccc(F)c(F)c3)ccc21)NCCn1c(=O)ccc2ccc(F)cc21. The number of fused-ring (bicyclic) bond motifs is 2. The lowest BCUT2D eigenvalue weighted by Crippen LogP contribution is -2.31. The first-order valence-electron chi connectivity index (χ1n) is 11.2. The fraction of sp³-hybridized carbons (Fsp3) is 0.148. The van der Waals surface area contributed by atoms with Crippen molar-refractivity contribution in [1.29, 1.82) is 0 Å². The van der Waals surface area contributed by atoms with Crippen LogP contribution in [-0.4, -0.2) is 23.0 Å². The molecule has 182 valence electrons. The smallest absolute Gasteiger partial charge is 0.339 e. The molecule has 0 saturated carbocycles. The number of halogens is 3. The molecule has 1 aliphatic rings. The number of pyridine rings is 1. The van der Waals surface area contributed by atoms with Crippen LogP contribution in [0.5, 0.6) is 0 Å². The molecule has 3 aromatic carbocycles. The Morgan fingerprint density at radius 2 is 1.64 bits per heavy atom. The quantitative estimate of drug-likeness (QED) is 0.402. The zero-order chi connectivity index (χ0) is 25.4. The molecule has 0 aliphatic carbocycles. The van der Waals surface area contributed by atoms with Crippen LogP contribution in [0.25, 0.3) is 22.0 Å². The number of cyclic esters (lactones) is 1. The third-order valence-electron chi connectivity index (χ3n) is 6.11. The standard InChI is InChI=1S/C27H19F3N2O4/c28-18-5-1-15-4-8-26(34)32(23(15)13-18)10-9-31-25(33)14-24-19-6-2-16(11-20(19)27(35)36-24)17-3-7-21(29)22(30)12-17/h1-8,11-13,24H,9-10,14H2,(H,31,33). The van der Waals surface area contributed by atoms with Crippen LogP contribution in [0, 0.1) is 17.5 Å². The molecule has 9 heteroatoms. The van der Waals surface area contributed by atoms with Gasteiger partial charge >= 0.3 is 5.97 Å². The molecular weight excluding hydrogens is 473 g/mol. The number of hydrogen-bond acceptors (Lipinski definition) is 4. The second kappa shape index (κ2) is 9.33. The molecule has 0 radical (unpaired) electrons. The first-order valence-corrected chi connectivity index (χ1v) is 11.2. The van der Waals surface area contributed by atoms with E-state index in [2.05, 4.69) is 5.32 Å². The van der Waals surface area contributed by atoms with E-state index in [9.17, 15) is 27.6 Å². The fourth-order valence-corrected chi connectivity index (χ4v) is 4.32. The summed E-state index contributed by atoms with van der Waals surface area (Å²) in [4.78, 5) is 37.2. The lowest BCUT2D eigenvalue weighted by molar-refractivity contribution is -0.123. The van der Waals surface area contributed by atoms with Gasteiger partial charge in [-0.05, 0) is 59.0 Å². The van der Waals surface area contributed by atoms with Gasteiger partial charge in [0.1, 0.15) is 11.9 Å². The molecule has 1 N–H and O–H groups in total. The highest BCUT2D eigenvalue weighted by Gasteiger charge is 2.32. The highest BCUT2D eigenvalue weighted by molar-refractivity contribution is 5.96. The predicted octanol–water partition coefficient (Wildman–Crippen LogP) is 4.50. The van der Waals surface area contributed by atoms with Crippen LogP contribution >= 0.6 is 0 Å². The van der Waals surface area contributed by atoms with Crippen molar-refractivity contribution in [1.82, 2.24) is 9.88 Å². The number of benzene rings is 3. The minimum absolute atomic E-state index is 0.108. The number of hydrogen-bond donors (Lipinski definition) is 1. The average molecular weight is 492 g/mol. The van der Waals surface area contributed by atoms with E-state index in [4.69, 9.17) is 4.74 Å². The zero-order valence-electron chi connectivity index (χ0n) is 18.8. The molecule has 1 atom stereocenters. The van der Waals surface area contributed by atoms with E-state index < -0.39 is 35.4 Å². The Morgan fingerprint density at radius 1 is 0.889 bits per heavy atom. The average Bonchev–Trinajstić information content (AvgIpc) is 3.16. The van der Waals surface area contributed by atoms with Crippen LogP contribution in [0.4, 0.5) is 13.2 Å². The van der Waals surface area contributed by atoms with E-state index in [0.29, 0.717) is 27.6 Å². The van der Waals surface area contributed by atoms with E-state index in [1.165, 1.54) is 34.9 Å². The third-order valence-corrected chi connectivity index (χ3v) is 6.11. The number of esters is 1. The van der Waals surface area contributed by atoms with E-state index in [1.807, 2.05) is 0 Å². The van der Waals surface area contributed by atoms with Gasteiger partial charge in [-0.3, -0.25) is 9.59 Å². The minimum Gasteiger partial charge on any atom is -0.453 e. The van der Waals surface area contributed by atoms with Crippen molar-refractivity contribution in [3.8, 4) is 11.1 Å². The van der Waals surface area contributed by atoms with E-state index in [0.717, 1.165) is 12.1 Å². The van der Waals surface area contributed by atoms with E-state index in [1.54, 1.807) is 24.3 Å². The Balaban J connectivity index is 1.26. The van der Waals surface area contributed by atoms with Gasteiger partial charge in [-0.25, -0.2) is 18.0 Å². The molecule has 36 heavy (non-hydrogen) atoms. The van der Waals surface area contributed by atoms with Crippen LogP contribution in [0.15, 0.2) is 71.5 Å². The molecule has 0 fully saturated rings. The highest BCUT2D eigenvalue weighted by Crippen LogP contribution is 2.36. The van der Waals surface area contributed by atoms with Crippen molar-refractivity contribution in [2.24, 2.45) is 0 Å². The minimum atomic E-state index is -0.999. The van der Waals surface area contributed by atoms with Crippen molar-refractivity contribution in [3.63, 3.8) is 0 Å². The van der Waals surface area contributed by atoms with Gasteiger partial charge in [-0.2, -0.15) is 0 Å². The Bertz CT molecular complexity index is 1580. The summed E-state index contributed by atoms with van der Waals surface area (Å²) in [6, 6.07) is 15.4. The third kappa shape index (κ3) is 4.47. The van der Waals surface area contributed by atoms with Crippen molar-refractivity contribution in [2.75, 3.05) is 6.54 Å². The molecule has 1 unspecified atom stereocenters. The topological polar surface area (TPSA) is 77.4 Å². The first kappa shape index (κ1) is 23.3. The Hall–Kier alpha value is -4.40. The van der Waals surface area contributed by atoms with Crippen molar-refractivity contribution < 1.29 is 27.5 Å². The number of carbonyl (C=O) groups excluding carboxylic acids is 2. The molecule has 2 heterocycles. The number of rotatable bonds is 6. The fourth-order valence-electron chi connectivity index (χ4n) is 4.32. The highest BCUT2D eigenvalue weighted by atomic mass is 19.2. The van der Waals surface area contributed by atoms with Gasteiger partial charge in [0, 0.05) is 24.7 Å². The Kier molecular flexibility index (Phi) is 6.05. The van der Waals surface area contributed by atoms with Crippen molar-refractivity contribution >= 4 is 22.8 Å². The maximum absolute atomic E-state index is 13.7. The summed E-state index contributed by atoms with van der Waals surface area (Å²) < 4.78 is 47.3. The Labute approximate surface area is 202 Å². The van der Waals surface area contributed by atoms with Gasteiger partial charge in [0.2, 0.25) is 5.91 Å². The van der Waals surface area contributed by atoms with Gasteiger partial charge in [-0.1, -0.05) is 18.2 Å². The van der Waals surface area contributed by atoms with E-state index >= 15 is 0 Å². The lowest BCUT2D eigenvalue weighted by atomic mass is 9.97. The van der Waals surface area contributed by atoms with Crippen molar-refractivity contribution in [3.05, 3.63) is 106 Å². The molecule has 6 nitrogen and oxygen atoms in total. The van der Waals surface area contributed by atoms with Crippen LogP contribution in [0.2, 0.25) is 0 Å². The largest absolute Gasteiger partial charge is 0.453 e. The molecule has 1 aromatic heterocycles. The molecule has 1 amide bonds. The van der Waals surface area contributed by atoms with Crippen LogP contribution in [0.3, 0.4) is 0 Å². The van der Waals surface area contributed by atoms with Crippen molar-refractivity contribution in [2.45, 2.75) is 19.1 Å². The summed E-state index contributed by atoms with van der Waals surface area (Å²) in [5, 5.41) is 3.39. The summed E-state index contributed by atoms with van der Waals surface area (Å²) in [6.45, 7) is 0.237. The first-order chi connectivity index (χ1) is 17.3. The maximum atomic E-state index is 13.7. The van der Waals surface area contributed by atoms with Crippen LogP contribution in [-0.2, 0) is 16.1 Å². The summed E-state index contributed by atoms with van der Waals surface area (Å²) in [6.07, 6.45) is -0.941. The van der Waals surface area contributed by atoms with Gasteiger partial charge in [-0.15, -0.1) is 0 Å². The predicted molar refractivity (Wildman–Crippen MR) is 126 cm³/mol. The molecular formula is C27H19F3N2O4. The zero-order valence-corrected chi connectivity index (χ0v) is 18.8. The number of aromatic nitrogens is 1. The van der Waals surface area contributed by atoms with Gasteiger partial charge in [0.05, 0.1) is 17.5 Å². The number of carbonyl (C=O) groups is 2. The van der Waals surface area contributed by atoms with Gasteiger partial charge < -0.3 is 14.6 Å². The molecule has 0 saturated heterocycles. The molecule has 0 spiro atoms. The summed E-state index contributed by atoms with van der Waals surface area (Å²) in [7, 11) is 0. The lowest BCUT2D eigenvalue weighted by Gasteiger charge is -2.13. The molecule has 5 rings (SSSR count). The maximum Gasteiger partial charge on any atom is 0.339 e. The number of nitrogens with zero attached hydrogens (tertiary/aromatic N) is 1. The van der Waals surface area contributed by atoms with Gasteiger partial charge in [0.15, 0.2) is 11.6 Å². The second-order valence-corrected chi connectivity index (χ2v) is 8.41. The molecule has 4 aromatic rings. The number of nitrogens with one attached hydrogen (secondary N) is 1. The normalized spacial score (nSPS) is 14.5. The monoisotopic (exact) mass is 492 g/mol. The molecule has 1 aliphatic heterocycles. The van der Waals surface area contributed by atoms with E-state index in [-0.39, 0.29) is 30.6 Å². The van der Waals surface area contributed by atoms with Crippen LogP contribution in [0.1, 0.15) is 28.4 Å².